The van der Waals surface area contributed by atoms with E-state index in [2.05, 4.69) is 87.3 Å². The molecule has 106 valence electrons. The van der Waals surface area contributed by atoms with Crippen LogP contribution >= 0.6 is 43.2 Å². The minimum absolute atomic E-state index is 0.127. The molecule has 0 amide bonds. The average molecular weight is 423 g/mol. The lowest BCUT2D eigenvalue weighted by atomic mass is 10.00. The van der Waals surface area contributed by atoms with Crippen LogP contribution in [0.4, 0.5) is 0 Å². The summed E-state index contributed by atoms with van der Waals surface area (Å²) in [7, 11) is 0. The van der Waals surface area contributed by atoms with Crippen molar-refractivity contribution in [3.63, 3.8) is 0 Å². The van der Waals surface area contributed by atoms with Crippen LogP contribution in [0.3, 0.4) is 0 Å². The number of fused-ring (bicyclic) bond motifs is 1. The summed E-state index contributed by atoms with van der Waals surface area (Å²) in [6.45, 7) is 2.13. The second kappa shape index (κ2) is 6.42. The first kappa shape index (κ1) is 14.9. The number of rotatable bonds is 3. The van der Waals surface area contributed by atoms with Crippen LogP contribution in [0.25, 0.3) is 10.8 Å². The molecule has 1 heterocycles. The molecule has 0 bridgehead atoms. The maximum atomic E-state index is 4.72. The Hall–Kier alpha value is -0.970. The Morgan fingerprint density at radius 2 is 1.86 bits per heavy atom. The van der Waals surface area contributed by atoms with Crippen molar-refractivity contribution in [3.05, 3.63) is 67.2 Å². The van der Waals surface area contributed by atoms with Crippen LogP contribution in [0, 0.1) is 0 Å². The van der Waals surface area contributed by atoms with Gasteiger partial charge in [-0.25, -0.2) is 0 Å². The van der Waals surface area contributed by atoms with Gasteiger partial charge < -0.3 is 0 Å². The molecule has 21 heavy (non-hydrogen) atoms. The highest BCUT2D eigenvalue weighted by atomic mass is 79.9. The monoisotopic (exact) mass is 421 g/mol. The standard InChI is InChI=1S/C17H13Br2NS/c1-11(20-10-13-9-16(18)21-17(13)19)14-8-4-6-12-5-2-3-7-15(12)14/h2-11H,1H3/t11-/m0/s1. The van der Waals surface area contributed by atoms with Crippen LogP contribution in [0.5, 0.6) is 0 Å². The summed E-state index contributed by atoms with van der Waals surface area (Å²) < 4.78 is 2.21. The highest BCUT2D eigenvalue weighted by molar-refractivity contribution is 9.12. The second-order valence-electron chi connectivity index (χ2n) is 4.80. The van der Waals surface area contributed by atoms with Gasteiger partial charge in [0.05, 0.1) is 13.6 Å². The van der Waals surface area contributed by atoms with Crippen molar-refractivity contribution >= 4 is 60.2 Å². The summed E-state index contributed by atoms with van der Waals surface area (Å²) in [6, 6.07) is 17.0. The van der Waals surface area contributed by atoms with E-state index in [0.29, 0.717) is 0 Å². The first-order chi connectivity index (χ1) is 10.1. The fraction of sp³-hybridized carbons (Fsp3) is 0.118. The maximum Gasteiger partial charge on any atom is 0.0798 e. The van der Waals surface area contributed by atoms with Gasteiger partial charge in [-0.1, -0.05) is 42.5 Å². The molecular formula is C17H13Br2NS. The molecule has 0 unspecified atom stereocenters. The molecule has 0 saturated heterocycles. The Bertz CT molecular complexity index is 802. The van der Waals surface area contributed by atoms with Gasteiger partial charge in [-0.2, -0.15) is 0 Å². The van der Waals surface area contributed by atoms with Gasteiger partial charge in [0.15, 0.2) is 0 Å². The topological polar surface area (TPSA) is 12.4 Å². The number of hydrogen-bond donors (Lipinski definition) is 0. The number of halogens is 2. The molecule has 0 spiro atoms. The van der Waals surface area contributed by atoms with Gasteiger partial charge in [0, 0.05) is 11.8 Å². The van der Waals surface area contributed by atoms with E-state index in [1.54, 1.807) is 11.3 Å². The van der Waals surface area contributed by atoms with Gasteiger partial charge >= 0.3 is 0 Å². The molecule has 3 aromatic rings. The van der Waals surface area contributed by atoms with Crippen molar-refractivity contribution in [1.29, 1.82) is 0 Å². The Balaban J connectivity index is 1.94. The number of benzene rings is 2. The molecule has 3 rings (SSSR count). The molecule has 0 aliphatic rings. The number of hydrogen-bond acceptors (Lipinski definition) is 2. The Labute approximate surface area is 145 Å². The first-order valence-electron chi connectivity index (χ1n) is 6.61. The van der Waals surface area contributed by atoms with E-state index < -0.39 is 0 Å². The first-order valence-corrected chi connectivity index (χ1v) is 9.01. The lowest BCUT2D eigenvalue weighted by Crippen LogP contribution is -1.92. The van der Waals surface area contributed by atoms with Gasteiger partial charge in [-0.15, -0.1) is 11.3 Å². The van der Waals surface area contributed by atoms with E-state index in [4.69, 9.17) is 4.99 Å². The van der Waals surface area contributed by atoms with Crippen LogP contribution in [0.15, 0.2) is 61.1 Å². The zero-order valence-electron chi connectivity index (χ0n) is 11.4. The molecular weight excluding hydrogens is 410 g/mol. The number of nitrogens with zero attached hydrogens (tertiary/aromatic N) is 1. The Morgan fingerprint density at radius 3 is 2.62 bits per heavy atom. The van der Waals surface area contributed by atoms with E-state index in [1.165, 1.54) is 16.3 Å². The molecule has 0 N–H and O–H groups in total. The van der Waals surface area contributed by atoms with Crippen LogP contribution < -0.4 is 0 Å². The minimum Gasteiger partial charge on any atom is -0.285 e. The van der Waals surface area contributed by atoms with E-state index in [1.807, 2.05) is 6.21 Å². The van der Waals surface area contributed by atoms with E-state index in [0.717, 1.165) is 13.1 Å². The number of thiophene rings is 1. The second-order valence-corrected chi connectivity index (χ2v) is 8.55. The maximum absolute atomic E-state index is 4.72. The van der Waals surface area contributed by atoms with Crippen LogP contribution in [-0.2, 0) is 0 Å². The molecule has 1 nitrogen and oxygen atoms in total. The molecule has 1 atom stereocenters. The fourth-order valence-corrected chi connectivity index (χ4v) is 5.04. The molecule has 0 aliphatic heterocycles. The van der Waals surface area contributed by atoms with Crippen LogP contribution in [-0.4, -0.2) is 6.21 Å². The highest BCUT2D eigenvalue weighted by Crippen LogP contribution is 2.31. The van der Waals surface area contributed by atoms with Crippen molar-refractivity contribution in [2.45, 2.75) is 13.0 Å². The summed E-state index contributed by atoms with van der Waals surface area (Å²) >= 11 is 8.72. The van der Waals surface area contributed by atoms with Crippen LogP contribution in [0.1, 0.15) is 24.1 Å². The molecule has 0 saturated carbocycles. The van der Waals surface area contributed by atoms with Crippen molar-refractivity contribution in [1.82, 2.24) is 0 Å². The third kappa shape index (κ3) is 3.28. The summed E-state index contributed by atoms with van der Waals surface area (Å²) in [5.74, 6) is 0. The predicted molar refractivity (Wildman–Crippen MR) is 99.7 cm³/mol. The Morgan fingerprint density at radius 1 is 1.10 bits per heavy atom. The SMILES string of the molecule is C[C@H](N=Cc1cc(Br)sc1Br)c1cccc2ccccc12. The highest BCUT2D eigenvalue weighted by Gasteiger charge is 2.08. The Kier molecular flexibility index (Phi) is 4.57. The smallest absolute Gasteiger partial charge is 0.0798 e. The van der Waals surface area contributed by atoms with E-state index in [9.17, 15) is 0 Å². The van der Waals surface area contributed by atoms with Gasteiger partial charge in [-0.3, -0.25) is 4.99 Å². The van der Waals surface area contributed by atoms with E-state index >= 15 is 0 Å². The predicted octanol–water partition coefficient (Wildman–Crippen LogP) is 6.61. The molecule has 0 fully saturated rings. The fourth-order valence-electron chi connectivity index (χ4n) is 2.33. The van der Waals surface area contributed by atoms with Crippen molar-refractivity contribution in [3.8, 4) is 0 Å². The summed E-state index contributed by atoms with van der Waals surface area (Å²) in [6.07, 6.45) is 1.94. The molecule has 4 heteroatoms. The molecule has 0 radical (unpaired) electrons. The van der Waals surface area contributed by atoms with Gasteiger partial charge in [0.25, 0.3) is 0 Å². The van der Waals surface area contributed by atoms with Crippen molar-refractivity contribution in [2.24, 2.45) is 4.99 Å². The van der Waals surface area contributed by atoms with Crippen LogP contribution in [0.2, 0.25) is 0 Å². The van der Waals surface area contributed by atoms with Gasteiger partial charge in [-0.05, 0) is 61.2 Å². The molecule has 2 aromatic carbocycles. The van der Waals surface area contributed by atoms with Gasteiger partial charge in [0.2, 0.25) is 0 Å². The van der Waals surface area contributed by atoms with Gasteiger partial charge in [0.1, 0.15) is 0 Å². The third-order valence-corrected chi connectivity index (χ3v) is 5.78. The summed E-state index contributed by atoms with van der Waals surface area (Å²) in [5.41, 5.74) is 2.37. The third-order valence-electron chi connectivity index (χ3n) is 3.39. The zero-order valence-corrected chi connectivity index (χ0v) is 15.4. The quantitative estimate of drug-likeness (QED) is 0.421. The van der Waals surface area contributed by atoms with Crippen molar-refractivity contribution in [2.75, 3.05) is 0 Å². The number of aliphatic imine (C=N–C) groups is 1. The zero-order chi connectivity index (χ0) is 14.8. The minimum atomic E-state index is 0.127. The molecule has 0 aliphatic carbocycles. The largest absolute Gasteiger partial charge is 0.285 e. The van der Waals surface area contributed by atoms with Crippen molar-refractivity contribution < 1.29 is 0 Å². The van der Waals surface area contributed by atoms with E-state index in [-0.39, 0.29) is 6.04 Å². The summed E-state index contributed by atoms with van der Waals surface area (Å²) in [5, 5.41) is 2.53. The molecule has 1 aromatic heterocycles. The summed E-state index contributed by atoms with van der Waals surface area (Å²) in [4.78, 5) is 4.72. The lowest BCUT2D eigenvalue weighted by Gasteiger charge is -2.10. The average Bonchev–Trinajstić information content (AvgIpc) is 2.82. The normalized spacial score (nSPS) is 13.1. The lowest BCUT2D eigenvalue weighted by molar-refractivity contribution is 0.834.